The molecule has 17 heavy (non-hydrogen) atoms. The fourth-order valence-corrected chi connectivity index (χ4v) is 2.47. The number of ether oxygens (including phenoxy) is 1. The topological polar surface area (TPSA) is 53.6 Å². The molecule has 2 atom stereocenters. The van der Waals surface area contributed by atoms with Crippen LogP contribution in [-0.2, 0) is 4.74 Å². The van der Waals surface area contributed by atoms with Gasteiger partial charge in [-0.15, -0.1) is 0 Å². The normalized spacial score (nSPS) is 29.5. The molecular weight excluding hydrogens is 218 g/mol. The fraction of sp³-hybridized carbons (Fsp3) is 0.917. The summed E-state index contributed by atoms with van der Waals surface area (Å²) >= 11 is 0. The zero-order valence-electron chi connectivity index (χ0n) is 10.6. The summed E-state index contributed by atoms with van der Waals surface area (Å²) in [6.07, 6.45) is 3.39. The molecule has 2 amide bonds. The number of rotatable bonds is 5. The number of amides is 2. The third kappa shape index (κ3) is 3.57. The average molecular weight is 241 g/mol. The van der Waals surface area contributed by atoms with E-state index in [9.17, 15) is 4.79 Å². The van der Waals surface area contributed by atoms with Crippen molar-refractivity contribution >= 4 is 6.03 Å². The molecule has 2 rings (SSSR count). The molecule has 0 aromatic carbocycles. The number of nitrogens with zero attached hydrogens (tertiary/aromatic N) is 1. The lowest BCUT2D eigenvalue weighted by atomic mass is 10.2. The summed E-state index contributed by atoms with van der Waals surface area (Å²) in [6, 6.07) is 0.435. The molecule has 0 aromatic heterocycles. The average Bonchev–Trinajstić information content (AvgIpc) is 2.69. The molecule has 0 spiro atoms. The van der Waals surface area contributed by atoms with Crippen molar-refractivity contribution in [3.8, 4) is 0 Å². The number of carbonyl (C=O) groups excluding carboxylic acids is 1. The van der Waals surface area contributed by atoms with E-state index in [-0.39, 0.29) is 12.1 Å². The van der Waals surface area contributed by atoms with E-state index in [4.69, 9.17) is 4.74 Å². The lowest BCUT2D eigenvalue weighted by Crippen LogP contribution is -2.41. The van der Waals surface area contributed by atoms with Crippen LogP contribution in [0.2, 0.25) is 0 Å². The largest absolute Gasteiger partial charge is 0.376 e. The molecule has 98 valence electrons. The highest BCUT2D eigenvalue weighted by molar-refractivity contribution is 5.76. The Morgan fingerprint density at radius 3 is 3.06 bits per heavy atom. The Bertz CT molecular complexity index is 254. The highest BCUT2D eigenvalue weighted by atomic mass is 16.5. The van der Waals surface area contributed by atoms with E-state index in [0.717, 1.165) is 52.0 Å². The Morgan fingerprint density at radius 2 is 2.35 bits per heavy atom. The van der Waals surface area contributed by atoms with Crippen LogP contribution < -0.4 is 10.6 Å². The van der Waals surface area contributed by atoms with Crippen LogP contribution in [0, 0.1) is 0 Å². The maximum Gasteiger partial charge on any atom is 0.317 e. The molecule has 0 aromatic rings. The minimum absolute atomic E-state index is 0.0900. The molecule has 2 unspecified atom stereocenters. The number of urea groups is 1. The zero-order chi connectivity index (χ0) is 12.1. The maximum atomic E-state index is 11.7. The van der Waals surface area contributed by atoms with Gasteiger partial charge in [-0.05, 0) is 12.8 Å². The van der Waals surface area contributed by atoms with E-state index in [1.54, 1.807) is 0 Å². The first kappa shape index (κ1) is 12.6. The first-order chi connectivity index (χ1) is 8.29. The number of hydrogen-bond donors (Lipinski definition) is 2. The van der Waals surface area contributed by atoms with Gasteiger partial charge in [0.25, 0.3) is 0 Å². The Morgan fingerprint density at radius 1 is 1.47 bits per heavy atom. The summed E-state index contributed by atoms with van der Waals surface area (Å²) < 4.78 is 5.63. The van der Waals surface area contributed by atoms with Gasteiger partial charge in [0.15, 0.2) is 0 Å². The molecule has 0 saturated carbocycles. The van der Waals surface area contributed by atoms with Crippen molar-refractivity contribution in [2.24, 2.45) is 0 Å². The highest BCUT2D eigenvalue weighted by Gasteiger charge is 2.28. The van der Waals surface area contributed by atoms with Crippen LogP contribution in [-0.4, -0.2) is 55.9 Å². The molecule has 0 aliphatic carbocycles. The Hall–Kier alpha value is -0.810. The van der Waals surface area contributed by atoms with Crippen LogP contribution in [0.15, 0.2) is 0 Å². The third-order valence-corrected chi connectivity index (χ3v) is 3.42. The van der Waals surface area contributed by atoms with Crippen LogP contribution in [0.3, 0.4) is 0 Å². The second-order valence-electron chi connectivity index (χ2n) is 4.87. The molecule has 2 aliphatic rings. The number of carbonyl (C=O) groups is 1. The van der Waals surface area contributed by atoms with Crippen LogP contribution in [0.5, 0.6) is 0 Å². The lowest BCUT2D eigenvalue weighted by Gasteiger charge is -2.25. The molecule has 5 nitrogen and oxygen atoms in total. The smallest absolute Gasteiger partial charge is 0.317 e. The quantitative estimate of drug-likeness (QED) is 0.739. The van der Waals surface area contributed by atoms with Gasteiger partial charge in [-0.25, -0.2) is 4.79 Å². The van der Waals surface area contributed by atoms with E-state index in [1.165, 1.54) is 0 Å². The van der Waals surface area contributed by atoms with Gasteiger partial charge in [0.1, 0.15) is 0 Å². The molecule has 0 radical (unpaired) electrons. The van der Waals surface area contributed by atoms with E-state index < -0.39 is 0 Å². The summed E-state index contributed by atoms with van der Waals surface area (Å²) in [5.41, 5.74) is 0. The van der Waals surface area contributed by atoms with Gasteiger partial charge >= 0.3 is 6.03 Å². The van der Waals surface area contributed by atoms with Crippen LogP contribution >= 0.6 is 0 Å². The minimum Gasteiger partial charge on any atom is -0.376 e. The van der Waals surface area contributed by atoms with E-state index in [1.807, 2.05) is 4.90 Å². The second-order valence-corrected chi connectivity index (χ2v) is 4.87. The summed E-state index contributed by atoms with van der Waals surface area (Å²) in [7, 11) is 0. The molecule has 2 heterocycles. The first-order valence-corrected chi connectivity index (χ1v) is 6.67. The second kappa shape index (κ2) is 6.21. The fourth-order valence-electron chi connectivity index (χ4n) is 2.47. The zero-order valence-corrected chi connectivity index (χ0v) is 10.6. The Balaban J connectivity index is 1.69. The summed E-state index contributed by atoms with van der Waals surface area (Å²) in [4.78, 5) is 13.6. The van der Waals surface area contributed by atoms with Crippen molar-refractivity contribution in [2.45, 2.75) is 38.3 Å². The van der Waals surface area contributed by atoms with Gasteiger partial charge in [-0.2, -0.15) is 0 Å². The molecule has 2 aliphatic heterocycles. The molecule has 2 saturated heterocycles. The van der Waals surface area contributed by atoms with Gasteiger partial charge < -0.3 is 20.3 Å². The highest BCUT2D eigenvalue weighted by Crippen LogP contribution is 2.11. The van der Waals surface area contributed by atoms with E-state index in [2.05, 4.69) is 17.6 Å². The number of hydrogen-bond acceptors (Lipinski definition) is 3. The lowest BCUT2D eigenvalue weighted by molar-refractivity contribution is 0.0201. The van der Waals surface area contributed by atoms with Crippen molar-refractivity contribution in [3.05, 3.63) is 0 Å². The Kier molecular flexibility index (Phi) is 4.62. The molecule has 2 N–H and O–H groups in total. The van der Waals surface area contributed by atoms with Crippen LogP contribution in [0.25, 0.3) is 0 Å². The van der Waals surface area contributed by atoms with Gasteiger partial charge in [0, 0.05) is 32.2 Å². The minimum atomic E-state index is 0.0900. The van der Waals surface area contributed by atoms with Crippen molar-refractivity contribution in [3.63, 3.8) is 0 Å². The molecule has 0 bridgehead atoms. The standard InChI is InChI=1S/C12H23N3O2/c1-2-3-10-9-15(12(16)14-10)6-4-11-8-13-5-7-17-11/h10-11,13H,2-9H2,1H3,(H,14,16). The van der Waals surface area contributed by atoms with Gasteiger partial charge in [0.05, 0.1) is 12.7 Å². The van der Waals surface area contributed by atoms with Gasteiger partial charge in [-0.3, -0.25) is 0 Å². The monoisotopic (exact) mass is 241 g/mol. The predicted octanol–water partition coefficient (Wildman–Crippen LogP) is 0.559. The maximum absolute atomic E-state index is 11.7. The van der Waals surface area contributed by atoms with Crippen molar-refractivity contribution < 1.29 is 9.53 Å². The number of morpholine rings is 1. The number of nitrogens with one attached hydrogen (secondary N) is 2. The van der Waals surface area contributed by atoms with Crippen molar-refractivity contribution in [1.29, 1.82) is 0 Å². The Labute approximate surface area is 103 Å². The third-order valence-electron chi connectivity index (χ3n) is 3.42. The van der Waals surface area contributed by atoms with Crippen molar-refractivity contribution in [2.75, 3.05) is 32.8 Å². The molecular formula is C12H23N3O2. The van der Waals surface area contributed by atoms with Gasteiger partial charge in [0.2, 0.25) is 0 Å². The van der Waals surface area contributed by atoms with E-state index >= 15 is 0 Å². The predicted molar refractivity (Wildman–Crippen MR) is 66.0 cm³/mol. The van der Waals surface area contributed by atoms with Crippen LogP contribution in [0.1, 0.15) is 26.2 Å². The van der Waals surface area contributed by atoms with Crippen LogP contribution in [0.4, 0.5) is 4.79 Å². The SMILES string of the molecule is CCCC1CN(CCC2CNCCO2)C(=O)N1. The first-order valence-electron chi connectivity index (χ1n) is 6.67. The van der Waals surface area contributed by atoms with E-state index in [0.29, 0.717) is 6.04 Å². The van der Waals surface area contributed by atoms with Gasteiger partial charge in [-0.1, -0.05) is 13.3 Å². The molecule has 2 fully saturated rings. The van der Waals surface area contributed by atoms with Crippen molar-refractivity contribution in [1.82, 2.24) is 15.5 Å². The molecule has 5 heteroatoms. The summed E-state index contributed by atoms with van der Waals surface area (Å²) in [5.74, 6) is 0. The summed E-state index contributed by atoms with van der Waals surface area (Å²) in [6.45, 7) is 6.45. The summed E-state index contributed by atoms with van der Waals surface area (Å²) in [5, 5.41) is 6.33.